The van der Waals surface area contributed by atoms with E-state index < -0.39 is 23.5 Å². The molecule has 0 unspecified atom stereocenters. The minimum Gasteiger partial charge on any atom is -0.330 e. The maximum Gasteiger partial charge on any atom is 0.319 e. The molecule has 0 saturated heterocycles. The second-order valence-electron chi connectivity index (χ2n) is 4.92. The standard InChI is InChI=1S/C15H11F3N6O/c16-9-1-3-10(4-2-9)20-15(25)19-8-14-21-22-23-24(14)11-5-6-12(17)13(18)7-11/h1-7H,8H2,(H2,19,20,25). The molecule has 128 valence electrons. The molecule has 0 spiro atoms. The molecular weight excluding hydrogens is 337 g/mol. The SMILES string of the molecule is O=C(NCc1nnnn1-c1ccc(F)c(F)c1)Nc1ccc(F)cc1. The Hall–Kier alpha value is -3.43. The van der Waals surface area contributed by atoms with Gasteiger partial charge in [0.25, 0.3) is 0 Å². The minimum atomic E-state index is -1.04. The predicted molar refractivity (Wildman–Crippen MR) is 81.3 cm³/mol. The summed E-state index contributed by atoms with van der Waals surface area (Å²) >= 11 is 0. The molecule has 0 atom stereocenters. The number of hydrogen-bond donors (Lipinski definition) is 2. The third-order valence-corrected chi connectivity index (χ3v) is 3.19. The fourth-order valence-corrected chi connectivity index (χ4v) is 2.00. The summed E-state index contributed by atoms with van der Waals surface area (Å²) in [6, 6.07) is 7.85. The number of carbonyl (C=O) groups is 1. The Morgan fingerprint density at radius 1 is 1.04 bits per heavy atom. The van der Waals surface area contributed by atoms with E-state index in [0.29, 0.717) is 5.69 Å². The van der Waals surface area contributed by atoms with Gasteiger partial charge >= 0.3 is 6.03 Å². The maximum atomic E-state index is 13.3. The smallest absolute Gasteiger partial charge is 0.319 e. The van der Waals surface area contributed by atoms with E-state index in [4.69, 9.17) is 0 Å². The molecule has 0 aliphatic rings. The number of tetrazole rings is 1. The van der Waals surface area contributed by atoms with Crippen molar-refractivity contribution in [2.45, 2.75) is 6.54 Å². The Morgan fingerprint density at radius 2 is 1.80 bits per heavy atom. The Morgan fingerprint density at radius 3 is 2.52 bits per heavy atom. The zero-order chi connectivity index (χ0) is 17.8. The topological polar surface area (TPSA) is 84.7 Å². The number of nitrogens with zero attached hydrogens (tertiary/aromatic N) is 4. The van der Waals surface area contributed by atoms with Crippen molar-refractivity contribution in [1.29, 1.82) is 0 Å². The first-order chi connectivity index (χ1) is 12.0. The van der Waals surface area contributed by atoms with Gasteiger partial charge in [0.15, 0.2) is 17.5 Å². The van der Waals surface area contributed by atoms with Crippen LogP contribution in [0.15, 0.2) is 42.5 Å². The number of urea groups is 1. The lowest BCUT2D eigenvalue weighted by Gasteiger charge is -2.08. The van der Waals surface area contributed by atoms with Gasteiger partial charge in [0, 0.05) is 11.8 Å². The number of anilines is 1. The van der Waals surface area contributed by atoms with Crippen LogP contribution in [-0.4, -0.2) is 26.2 Å². The van der Waals surface area contributed by atoms with Gasteiger partial charge in [-0.15, -0.1) is 5.10 Å². The zero-order valence-corrected chi connectivity index (χ0v) is 12.6. The van der Waals surface area contributed by atoms with Crippen molar-refractivity contribution < 1.29 is 18.0 Å². The highest BCUT2D eigenvalue weighted by Gasteiger charge is 2.12. The molecule has 0 fully saturated rings. The minimum absolute atomic E-state index is 0.0704. The van der Waals surface area contributed by atoms with Crippen molar-refractivity contribution >= 4 is 11.7 Å². The van der Waals surface area contributed by atoms with Gasteiger partial charge in [-0.2, -0.15) is 4.68 Å². The van der Waals surface area contributed by atoms with Gasteiger partial charge in [0.2, 0.25) is 0 Å². The van der Waals surface area contributed by atoms with E-state index in [-0.39, 0.29) is 18.1 Å². The van der Waals surface area contributed by atoms with Gasteiger partial charge in [-0.3, -0.25) is 0 Å². The number of benzene rings is 2. The van der Waals surface area contributed by atoms with Crippen LogP contribution in [0.5, 0.6) is 0 Å². The van der Waals surface area contributed by atoms with Crippen molar-refractivity contribution in [3.05, 3.63) is 65.7 Å². The summed E-state index contributed by atoms with van der Waals surface area (Å²) in [5.41, 5.74) is 0.610. The molecule has 2 aromatic carbocycles. The Labute approximate surface area is 139 Å². The first-order valence-corrected chi connectivity index (χ1v) is 7.06. The molecule has 3 rings (SSSR count). The molecule has 10 heteroatoms. The second kappa shape index (κ2) is 6.99. The van der Waals surface area contributed by atoms with Gasteiger partial charge < -0.3 is 10.6 Å². The number of nitrogens with one attached hydrogen (secondary N) is 2. The summed E-state index contributed by atoms with van der Waals surface area (Å²) in [5, 5.41) is 15.9. The molecule has 0 aliphatic heterocycles. The van der Waals surface area contributed by atoms with Crippen LogP contribution in [-0.2, 0) is 6.54 Å². The summed E-state index contributed by atoms with van der Waals surface area (Å²) in [5.74, 6) is -2.24. The molecule has 3 aromatic rings. The number of aromatic nitrogens is 4. The first kappa shape index (κ1) is 16.4. The van der Waals surface area contributed by atoms with Gasteiger partial charge in [0.05, 0.1) is 12.2 Å². The summed E-state index contributed by atoms with van der Waals surface area (Å²) in [6.07, 6.45) is 0. The summed E-state index contributed by atoms with van der Waals surface area (Å²) in [4.78, 5) is 11.8. The molecule has 1 heterocycles. The summed E-state index contributed by atoms with van der Waals surface area (Å²) < 4.78 is 40.3. The van der Waals surface area contributed by atoms with E-state index >= 15 is 0 Å². The molecule has 0 aliphatic carbocycles. The quantitative estimate of drug-likeness (QED) is 0.758. The van der Waals surface area contributed by atoms with Crippen molar-refractivity contribution in [2.75, 3.05) is 5.32 Å². The second-order valence-corrected chi connectivity index (χ2v) is 4.92. The first-order valence-electron chi connectivity index (χ1n) is 7.06. The van der Waals surface area contributed by atoms with Gasteiger partial charge in [-0.05, 0) is 46.8 Å². The average Bonchev–Trinajstić information content (AvgIpc) is 3.06. The molecule has 7 nitrogen and oxygen atoms in total. The van der Waals surface area contributed by atoms with E-state index in [1.807, 2.05) is 0 Å². The highest BCUT2D eigenvalue weighted by atomic mass is 19.2. The third kappa shape index (κ3) is 3.91. The molecule has 2 N–H and O–H groups in total. The van der Waals surface area contributed by atoms with E-state index in [0.717, 1.165) is 12.1 Å². The van der Waals surface area contributed by atoms with Gasteiger partial charge in [-0.25, -0.2) is 18.0 Å². The molecule has 0 bridgehead atoms. The Kier molecular flexibility index (Phi) is 4.59. The molecule has 0 radical (unpaired) electrons. The van der Waals surface area contributed by atoms with Gasteiger partial charge in [0.1, 0.15) is 5.82 Å². The number of carbonyl (C=O) groups excluding carboxylic acids is 1. The van der Waals surface area contributed by atoms with Crippen LogP contribution >= 0.6 is 0 Å². The maximum absolute atomic E-state index is 13.3. The lowest BCUT2D eigenvalue weighted by atomic mass is 10.3. The van der Waals surface area contributed by atoms with Crippen LogP contribution in [0.25, 0.3) is 5.69 Å². The van der Waals surface area contributed by atoms with Crippen LogP contribution in [0.4, 0.5) is 23.7 Å². The van der Waals surface area contributed by atoms with E-state index in [1.54, 1.807) is 0 Å². The third-order valence-electron chi connectivity index (χ3n) is 3.19. The molecular formula is C15H11F3N6O. The van der Waals surface area contributed by atoms with E-state index in [9.17, 15) is 18.0 Å². The predicted octanol–water partition coefficient (Wildman–Crippen LogP) is 2.40. The Balaban J connectivity index is 1.66. The monoisotopic (exact) mass is 348 g/mol. The molecule has 0 saturated carbocycles. The fourth-order valence-electron chi connectivity index (χ4n) is 2.00. The number of halogens is 3. The molecule has 25 heavy (non-hydrogen) atoms. The summed E-state index contributed by atoms with van der Waals surface area (Å²) in [6.45, 7) is -0.0704. The lowest BCUT2D eigenvalue weighted by molar-refractivity contribution is 0.251. The van der Waals surface area contributed by atoms with Crippen LogP contribution in [0.1, 0.15) is 5.82 Å². The molecule has 1 aromatic heterocycles. The Bertz CT molecular complexity index is 897. The van der Waals surface area contributed by atoms with E-state index in [2.05, 4.69) is 26.2 Å². The van der Waals surface area contributed by atoms with Crippen molar-refractivity contribution in [3.8, 4) is 5.69 Å². The van der Waals surface area contributed by atoms with Crippen molar-refractivity contribution in [1.82, 2.24) is 25.5 Å². The van der Waals surface area contributed by atoms with Gasteiger partial charge in [-0.1, -0.05) is 0 Å². The largest absolute Gasteiger partial charge is 0.330 e. The van der Waals surface area contributed by atoms with Crippen LogP contribution in [0.3, 0.4) is 0 Å². The normalized spacial score (nSPS) is 10.5. The lowest BCUT2D eigenvalue weighted by Crippen LogP contribution is -2.29. The van der Waals surface area contributed by atoms with Crippen LogP contribution < -0.4 is 10.6 Å². The van der Waals surface area contributed by atoms with Crippen LogP contribution in [0.2, 0.25) is 0 Å². The number of rotatable bonds is 4. The number of amides is 2. The molecule has 2 amide bonds. The number of hydrogen-bond acceptors (Lipinski definition) is 4. The average molecular weight is 348 g/mol. The summed E-state index contributed by atoms with van der Waals surface area (Å²) in [7, 11) is 0. The highest BCUT2D eigenvalue weighted by molar-refractivity contribution is 5.89. The van der Waals surface area contributed by atoms with Crippen molar-refractivity contribution in [2.24, 2.45) is 0 Å². The fraction of sp³-hybridized carbons (Fsp3) is 0.0667. The van der Waals surface area contributed by atoms with Crippen LogP contribution in [0, 0.1) is 17.5 Å². The highest BCUT2D eigenvalue weighted by Crippen LogP contribution is 2.13. The van der Waals surface area contributed by atoms with Crippen molar-refractivity contribution in [3.63, 3.8) is 0 Å². The van der Waals surface area contributed by atoms with E-state index in [1.165, 1.54) is 35.0 Å². The zero-order valence-electron chi connectivity index (χ0n) is 12.6.